The molecule has 0 N–H and O–H groups in total. The van der Waals surface area contributed by atoms with Crippen molar-refractivity contribution < 1.29 is 19.0 Å². The summed E-state index contributed by atoms with van der Waals surface area (Å²) in [5.41, 5.74) is 0.849. The van der Waals surface area contributed by atoms with Crippen LogP contribution in [0.1, 0.15) is 26.3 Å². The molecule has 1 aromatic rings. The summed E-state index contributed by atoms with van der Waals surface area (Å²) in [6.45, 7) is 6.08. The molecule has 0 aliphatic heterocycles. The van der Waals surface area contributed by atoms with Gasteiger partial charge in [-0.2, -0.15) is 0 Å². The van der Waals surface area contributed by atoms with Gasteiger partial charge in [-0.15, -0.1) is 0 Å². The topological polar surface area (TPSA) is 44.8 Å². The smallest absolute Gasteiger partial charge is 0.310 e. The summed E-state index contributed by atoms with van der Waals surface area (Å²) >= 11 is 0. The van der Waals surface area contributed by atoms with Gasteiger partial charge in [-0.1, -0.05) is 6.07 Å². The molecule has 0 aromatic heterocycles. The van der Waals surface area contributed by atoms with Crippen molar-refractivity contribution in [2.75, 3.05) is 13.7 Å². The highest BCUT2D eigenvalue weighted by Crippen LogP contribution is 2.29. The first-order valence-corrected chi connectivity index (χ1v) is 6.06. The number of carbonyl (C=O) groups excluding carboxylic acids is 1. The van der Waals surface area contributed by atoms with Crippen molar-refractivity contribution in [2.45, 2.75) is 33.3 Å². The first-order valence-electron chi connectivity index (χ1n) is 6.06. The van der Waals surface area contributed by atoms with Gasteiger partial charge >= 0.3 is 5.97 Å². The van der Waals surface area contributed by atoms with Crippen molar-refractivity contribution in [1.29, 1.82) is 0 Å². The van der Waals surface area contributed by atoms with Crippen LogP contribution in [-0.4, -0.2) is 25.8 Å². The maximum Gasteiger partial charge on any atom is 0.310 e. The number of carbonyl (C=O) groups is 1. The van der Waals surface area contributed by atoms with E-state index in [1.165, 1.54) is 0 Å². The summed E-state index contributed by atoms with van der Waals surface area (Å²) in [5.74, 6) is 1.07. The van der Waals surface area contributed by atoms with Gasteiger partial charge in [0.1, 0.15) is 0 Å². The van der Waals surface area contributed by atoms with Crippen LogP contribution in [-0.2, 0) is 16.0 Å². The minimum absolute atomic E-state index is 0.0785. The molecule has 0 aliphatic rings. The van der Waals surface area contributed by atoms with Crippen molar-refractivity contribution in [3.8, 4) is 11.5 Å². The Bertz CT molecular complexity index is 399. The largest absolute Gasteiger partial charge is 0.493 e. The van der Waals surface area contributed by atoms with Crippen LogP contribution in [0.2, 0.25) is 0 Å². The van der Waals surface area contributed by atoms with Gasteiger partial charge in [0.15, 0.2) is 11.5 Å². The van der Waals surface area contributed by atoms with E-state index >= 15 is 0 Å². The standard InChI is InChI=1S/C14H20O4/c1-5-17-14(15)9-11-6-7-12(18-10(2)3)13(8-11)16-4/h6-8,10H,5,9H2,1-4H3. The Morgan fingerprint density at radius 1 is 1.28 bits per heavy atom. The second kappa shape index (κ2) is 6.89. The number of hydrogen-bond acceptors (Lipinski definition) is 4. The van der Waals surface area contributed by atoms with Gasteiger partial charge in [-0.25, -0.2) is 0 Å². The molecule has 0 fully saturated rings. The fraction of sp³-hybridized carbons (Fsp3) is 0.500. The number of hydrogen-bond donors (Lipinski definition) is 0. The van der Waals surface area contributed by atoms with Crippen LogP contribution >= 0.6 is 0 Å². The van der Waals surface area contributed by atoms with E-state index in [-0.39, 0.29) is 18.5 Å². The van der Waals surface area contributed by atoms with Gasteiger partial charge in [-0.05, 0) is 38.5 Å². The highest BCUT2D eigenvalue weighted by molar-refractivity contribution is 5.72. The third kappa shape index (κ3) is 4.28. The fourth-order valence-corrected chi connectivity index (χ4v) is 1.55. The predicted octanol–water partition coefficient (Wildman–Crippen LogP) is 2.59. The average Bonchev–Trinajstić information content (AvgIpc) is 2.30. The van der Waals surface area contributed by atoms with Gasteiger partial charge in [0.2, 0.25) is 0 Å². The van der Waals surface area contributed by atoms with E-state index in [1.54, 1.807) is 20.1 Å². The molecule has 0 atom stereocenters. The molecule has 4 nitrogen and oxygen atoms in total. The Hall–Kier alpha value is -1.71. The van der Waals surface area contributed by atoms with Crippen LogP contribution in [0.25, 0.3) is 0 Å². The van der Waals surface area contributed by atoms with E-state index < -0.39 is 0 Å². The molecular weight excluding hydrogens is 232 g/mol. The molecule has 0 saturated carbocycles. The van der Waals surface area contributed by atoms with Crippen LogP contribution in [0.15, 0.2) is 18.2 Å². The third-order valence-electron chi connectivity index (χ3n) is 2.24. The van der Waals surface area contributed by atoms with Crippen molar-refractivity contribution in [3.05, 3.63) is 23.8 Å². The number of esters is 1. The van der Waals surface area contributed by atoms with E-state index in [1.807, 2.05) is 26.0 Å². The van der Waals surface area contributed by atoms with Gasteiger partial charge in [0.05, 0.1) is 26.2 Å². The highest BCUT2D eigenvalue weighted by Gasteiger charge is 2.10. The molecule has 0 aliphatic carbocycles. The maximum atomic E-state index is 11.4. The minimum Gasteiger partial charge on any atom is -0.493 e. The van der Waals surface area contributed by atoms with E-state index in [0.717, 1.165) is 5.56 Å². The summed E-state index contributed by atoms with van der Waals surface area (Å²) in [6, 6.07) is 5.46. The molecule has 1 aromatic carbocycles. The summed E-state index contributed by atoms with van der Waals surface area (Å²) in [7, 11) is 1.58. The van der Waals surface area contributed by atoms with Crippen molar-refractivity contribution in [1.82, 2.24) is 0 Å². The van der Waals surface area contributed by atoms with Crippen LogP contribution in [0, 0.1) is 0 Å². The molecule has 0 amide bonds. The number of methoxy groups -OCH3 is 1. The Morgan fingerprint density at radius 2 is 2.00 bits per heavy atom. The Kier molecular flexibility index (Phi) is 5.49. The van der Waals surface area contributed by atoms with Crippen LogP contribution in [0.4, 0.5) is 0 Å². The lowest BCUT2D eigenvalue weighted by Crippen LogP contribution is -2.09. The zero-order valence-electron chi connectivity index (χ0n) is 11.4. The zero-order chi connectivity index (χ0) is 13.5. The molecule has 4 heteroatoms. The number of ether oxygens (including phenoxy) is 3. The molecule has 100 valence electrons. The van der Waals surface area contributed by atoms with Crippen LogP contribution < -0.4 is 9.47 Å². The van der Waals surface area contributed by atoms with Gasteiger partial charge < -0.3 is 14.2 Å². The third-order valence-corrected chi connectivity index (χ3v) is 2.24. The fourth-order valence-electron chi connectivity index (χ4n) is 1.55. The predicted molar refractivity (Wildman–Crippen MR) is 69.1 cm³/mol. The Morgan fingerprint density at radius 3 is 2.56 bits per heavy atom. The molecule has 0 unspecified atom stereocenters. The van der Waals surface area contributed by atoms with E-state index in [2.05, 4.69) is 0 Å². The quantitative estimate of drug-likeness (QED) is 0.730. The molecular formula is C14H20O4. The number of rotatable bonds is 6. The number of benzene rings is 1. The highest BCUT2D eigenvalue weighted by atomic mass is 16.5. The van der Waals surface area contributed by atoms with Crippen molar-refractivity contribution in [2.24, 2.45) is 0 Å². The monoisotopic (exact) mass is 252 g/mol. The van der Waals surface area contributed by atoms with E-state index in [0.29, 0.717) is 18.1 Å². The first kappa shape index (κ1) is 14.4. The van der Waals surface area contributed by atoms with Gasteiger partial charge in [0.25, 0.3) is 0 Å². The van der Waals surface area contributed by atoms with Gasteiger partial charge in [-0.3, -0.25) is 4.79 Å². The van der Waals surface area contributed by atoms with E-state index in [4.69, 9.17) is 14.2 Å². The Balaban J connectivity index is 2.81. The SMILES string of the molecule is CCOC(=O)Cc1ccc(OC(C)C)c(OC)c1. The summed E-state index contributed by atoms with van der Waals surface area (Å²) in [6.07, 6.45) is 0.321. The first-order chi connectivity index (χ1) is 8.56. The minimum atomic E-state index is -0.239. The molecule has 0 bridgehead atoms. The van der Waals surface area contributed by atoms with Crippen LogP contribution in [0.5, 0.6) is 11.5 Å². The second-order valence-corrected chi connectivity index (χ2v) is 4.13. The molecule has 0 spiro atoms. The normalized spacial score (nSPS) is 10.3. The molecule has 0 heterocycles. The molecule has 1 rings (SSSR count). The van der Waals surface area contributed by atoms with Crippen molar-refractivity contribution in [3.63, 3.8) is 0 Å². The lowest BCUT2D eigenvalue weighted by Gasteiger charge is -2.14. The van der Waals surface area contributed by atoms with Crippen LogP contribution in [0.3, 0.4) is 0 Å². The summed E-state index contributed by atoms with van der Waals surface area (Å²) in [4.78, 5) is 11.4. The zero-order valence-corrected chi connectivity index (χ0v) is 11.4. The maximum absolute atomic E-state index is 11.4. The lowest BCUT2D eigenvalue weighted by atomic mass is 10.1. The summed E-state index contributed by atoms with van der Waals surface area (Å²) in [5, 5.41) is 0. The lowest BCUT2D eigenvalue weighted by molar-refractivity contribution is -0.142. The average molecular weight is 252 g/mol. The molecule has 18 heavy (non-hydrogen) atoms. The van der Waals surface area contributed by atoms with Gasteiger partial charge in [0, 0.05) is 0 Å². The summed E-state index contributed by atoms with van der Waals surface area (Å²) < 4.78 is 15.8. The second-order valence-electron chi connectivity index (χ2n) is 4.13. The molecule has 0 saturated heterocycles. The molecule has 0 radical (unpaired) electrons. The van der Waals surface area contributed by atoms with E-state index in [9.17, 15) is 4.79 Å². The Labute approximate surface area is 108 Å². The van der Waals surface area contributed by atoms with Crippen molar-refractivity contribution >= 4 is 5.97 Å².